The predicted octanol–water partition coefficient (Wildman–Crippen LogP) is 3.83. The predicted molar refractivity (Wildman–Crippen MR) is 99.4 cm³/mol. The monoisotopic (exact) mass is 386 g/mol. The third-order valence-corrected chi connectivity index (χ3v) is 4.99. The van der Waals surface area contributed by atoms with Crippen molar-refractivity contribution in [2.75, 3.05) is 18.1 Å². The molecule has 0 spiro atoms. The van der Waals surface area contributed by atoms with Crippen LogP contribution in [0.25, 0.3) is 5.65 Å². The summed E-state index contributed by atoms with van der Waals surface area (Å²) in [5.41, 5.74) is 1.54. The van der Waals surface area contributed by atoms with E-state index in [4.69, 9.17) is 4.74 Å². The number of carbonyl (C=O) groups is 1. The zero-order chi connectivity index (χ0) is 19.8. The van der Waals surface area contributed by atoms with Crippen molar-refractivity contribution in [3.8, 4) is 0 Å². The van der Waals surface area contributed by atoms with Crippen LogP contribution in [0.1, 0.15) is 47.4 Å². The quantitative estimate of drug-likeness (QED) is 0.638. The Hall–Kier alpha value is -3.03. The SMILES string of the molecule is CCOC(=O)c1c(C)nn2ccc(N3CCCC3c3cc(F)ccc3F)nc12. The highest BCUT2D eigenvalue weighted by atomic mass is 19.1. The second kappa shape index (κ2) is 7.18. The molecule has 0 amide bonds. The van der Waals surface area contributed by atoms with Crippen molar-refractivity contribution in [1.82, 2.24) is 14.6 Å². The number of fused-ring (bicyclic) bond motifs is 1. The number of hydrogen-bond acceptors (Lipinski definition) is 5. The average Bonchev–Trinajstić information content (AvgIpc) is 3.27. The molecule has 1 aliphatic heterocycles. The molecule has 1 unspecified atom stereocenters. The second-order valence-corrected chi connectivity index (χ2v) is 6.75. The summed E-state index contributed by atoms with van der Waals surface area (Å²) >= 11 is 0. The molecule has 146 valence electrons. The van der Waals surface area contributed by atoms with Gasteiger partial charge in [0.1, 0.15) is 23.0 Å². The molecule has 2 aromatic heterocycles. The Labute approximate surface area is 160 Å². The molecule has 4 rings (SSSR count). The van der Waals surface area contributed by atoms with Crippen LogP contribution in [-0.4, -0.2) is 33.7 Å². The smallest absolute Gasteiger partial charge is 0.343 e. The highest BCUT2D eigenvalue weighted by Gasteiger charge is 2.30. The minimum Gasteiger partial charge on any atom is -0.462 e. The number of nitrogens with zero attached hydrogens (tertiary/aromatic N) is 4. The van der Waals surface area contributed by atoms with Crippen LogP contribution in [-0.2, 0) is 4.74 Å². The molecule has 0 aliphatic carbocycles. The maximum atomic E-state index is 14.3. The first kappa shape index (κ1) is 18.3. The summed E-state index contributed by atoms with van der Waals surface area (Å²) in [6.45, 7) is 4.37. The second-order valence-electron chi connectivity index (χ2n) is 6.75. The number of esters is 1. The summed E-state index contributed by atoms with van der Waals surface area (Å²) in [5, 5.41) is 4.31. The third kappa shape index (κ3) is 3.08. The molecule has 28 heavy (non-hydrogen) atoms. The van der Waals surface area contributed by atoms with E-state index in [2.05, 4.69) is 10.1 Å². The molecule has 8 heteroatoms. The van der Waals surface area contributed by atoms with Crippen molar-refractivity contribution in [1.29, 1.82) is 0 Å². The number of rotatable bonds is 4. The lowest BCUT2D eigenvalue weighted by Crippen LogP contribution is -2.24. The van der Waals surface area contributed by atoms with Gasteiger partial charge in [0.2, 0.25) is 0 Å². The van der Waals surface area contributed by atoms with E-state index in [9.17, 15) is 13.6 Å². The van der Waals surface area contributed by atoms with E-state index in [1.165, 1.54) is 10.6 Å². The lowest BCUT2D eigenvalue weighted by molar-refractivity contribution is 0.0527. The van der Waals surface area contributed by atoms with Gasteiger partial charge in [-0.25, -0.2) is 23.1 Å². The summed E-state index contributed by atoms with van der Waals surface area (Å²) < 4.78 is 34.7. The molecular weight excluding hydrogens is 366 g/mol. The molecular formula is C20H20F2N4O2. The summed E-state index contributed by atoms with van der Waals surface area (Å²) in [6, 6.07) is 4.95. The minimum absolute atomic E-state index is 0.252. The Kier molecular flexibility index (Phi) is 4.70. The molecule has 3 heterocycles. The van der Waals surface area contributed by atoms with Gasteiger partial charge in [0.25, 0.3) is 0 Å². The van der Waals surface area contributed by atoms with Crippen LogP contribution in [0.3, 0.4) is 0 Å². The third-order valence-electron chi connectivity index (χ3n) is 4.99. The average molecular weight is 386 g/mol. The van der Waals surface area contributed by atoms with Gasteiger partial charge in [0.05, 0.1) is 18.3 Å². The maximum Gasteiger partial charge on any atom is 0.343 e. The molecule has 1 aromatic carbocycles. The fourth-order valence-electron chi connectivity index (χ4n) is 3.77. The number of ether oxygens (including phenoxy) is 1. The van der Waals surface area contributed by atoms with Crippen molar-refractivity contribution in [3.05, 3.63) is 58.9 Å². The summed E-state index contributed by atoms with van der Waals surface area (Å²) in [4.78, 5) is 18.9. The fourth-order valence-corrected chi connectivity index (χ4v) is 3.77. The summed E-state index contributed by atoms with van der Waals surface area (Å²) in [7, 11) is 0. The van der Waals surface area contributed by atoms with Gasteiger partial charge in [0.15, 0.2) is 5.65 Å². The van der Waals surface area contributed by atoms with Gasteiger partial charge in [-0.2, -0.15) is 5.10 Å². The van der Waals surface area contributed by atoms with Crippen LogP contribution >= 0.6 is 0 Å². The number of anilines is 1. The van der Waals surface area contributed by atoms with Crippen LogP contribution in [0.4, 0.5) is 14.6 Å². The molecule has 3 aromatic rings. The first-order valence-electron chi connectivity index (χ1n) is 9.24. The van der Waals surface area contributed by atoms with E-state index in [0.29, 0.717) is 41.3 Å². The first-order valence-corrected chi connectivity index (χ1v) is 9.24. The first-order chi connectivity index (χ1) is 13.5. The topological polar surface area (TPSA) is 59.7 Å². The highest BCUT2D eigenvalue weighted by Crippen LogP contribution is 2.37. The van der Waals surface area contributed by atoms with E-state index in [1.54, 1.807) is 26.1 Å². The van der Waals surface area contributed by atoms with Crippen LogP contribution < -0.4 is 4.90 Å². The number of hydrogen-bond donors (Lipinski definition) is 0. The number of aromatic nitrogens is 3. The lowest BCUT2D eigenvalue weighted by Gasteiger charge is -2.26. The van der Waals surface area contributed by atoms with Crippen LogP contribution in [0.15, 0.2) is 30.5 Å². The maximum absolute atomic E-state index is 14.3. The largest absolute Gasteiger partial charge is 0.462 e. The molecule has 6 nitrogen and oxygen atoms in total. The highest BCUT2D eigenvalue weighted by molar-refractivity contribution is 5.97. The molecule has 1 saturated heterocycles. The van der Waals surface area contributed by atoms with Crippen LogP contribution in [0, 0.1) is 18.6 Å². The van der Waals surface area contributed by atoms with Crippen molar-refractivity contribution in [3.63, 3.8) is 0 Å². The van der Waals surface area contributed by atoms with Crippen LogP contribution in [0.5, 0.6) is 0 Å². The van der Waals surface area contributed by atoms with E-state index in [0.717, 1.165) is 18.6 Å². The van der Waals surface area contributed by atoms with E-state index >= 15 is 0 Å². The van der Waals surface area contributed by atoms with Gasteiger partial charge in [-0.3, -0.25) is 0 Å². The fraction of sp³-hybridized carbons (Fsp3) is 0.350. The molecule has 1 fully saturated rings. The molecule has 0 saturated carbocycles. The van der Waals surface area contributed by atoms with Crippen molar-refractivity contribution >= 4 is 17.4 Å². The van der Waals surface area contributed by atoms with E-state index in [1.807, 2.05) is 4.90 Å². The van der Waals surface area contributed by atoms with Gasteiger partial charge in [-0.1, -0.05) is 0 Å². The zero-order valence-corrected chi connectivity index (χ0v) is 15.7. The minimum atomic E-state index is -0.478. The zero-order valence-electron chi connectivity index (χ0n) is 15.7. The van der Waals surface area contributed by atoms with Crippen molar-refractivity contribution in [2.24, 2.45) is 0 Å². The van der Waals surface area contributed by atoms with Gasteiger partial charge in [-0.05, 0) is 51.0 Å². The molecule has 0 radical (unpaired) electrons. The number of benzene rings is 1. The Morgan fingerprint density at radius 1 is 1.32 bits per heavy atom. The summed E-state index contributed by atoms with van der Waals surface area (Å²) in [6.07, 6.45) is 3.23. The molecule has 1 aliphatic rings. The van der Waals surface area contributed by atoms with Crippen LogP contribution in [0.2, 0.25) is 0 Å². The Balaban J connectivity index is 1.77. The molecule has 0 N–H and O–H groups in total. The normalized spacial score (nSPS) is 16.7. The van der Waals surface area contributed by atoms with E-state index in [-0.39, 0.29) is 12.6 Å². The standard InChI is InChI=1S/C20H20F2N4O2/c1-3-28-20(27)18-12(2)24-26-10-8-17(23-19(18)26)25-9-4-5-16(25)14-11-13(21)6-7-15(14)22/h6-8,10-11,16H,3-5,9H2,1-2H3. The van der Waals surface area contributed by atoms with Gasteiger partial charge < -0.3 is 9.64 Å². The summed E-state index contributed by atoms with van der Waals surface area (Å²) in [5.74, 6) is -0.799. The van der Waals surface area contributed by atoms with Gasteiger partial charge >= 0.3 is 5.97 Å². The lowest BCUT2D eigenvalue weighted by atomic mass is 10.0. The van der Waals surface area contributed by atoms with Gasteiger partial charge in [-0.15, -0.1) is 0 Å². The Morgan fingerprint density at radius 3 is 2.93 bits per heavy atom. The van der Waals surface area contributed by atoms with Crippen molar-refractivity contribution in [2.45, 2.75) is 32.7 Å². The number of halogens is 2. The Morgan fingerprint density at radius 2 is 2.14 bits per heavy atom. The Bertz CT molecular complexity index is 1050. The van der Waals surface area contributed by atoms with Crippen molar-refractivity contribution < 1.29 is 18.3 Å². The van der Waals surface area contributed by atoms with Gasteiger partial charge in [0, 0.05) is 18.3 Å². The number of aryl methyl sites for hydroxylation is 1. The molecule has 1 atom stereocenters. The molecule has 0 bridgehead atoms. The number of carbonyl (C=O) groups excluding carboxylic acids is 1. The van der Waals surface area contributed by atoms with E-state index < -0.39 is 17.6 Å².